The highest BCUT2D eigenvalue weighted by Crippen LogP contribution is 2.23. The first-order valence-corrected chi connectivity index (χ1v) is 11.0. The molecule has 1 aliphatic heterocycles. The molecule has 0 fully saturated rings. The largest absolute Gasteiger partial charge is 0.383 e. The van der Waals surface area contributed by atoms with Crippen LogP contribution in [0, 0.1) is 0 Å². The molecule has 0 radical (unpaired) electrons. The standard InChI is InChI=1S/C22H32N4OS.HI/c1-4-23-21(25-16-22(3,27)20-10-12-28-15-20)24-13-17(2)26-11-9-18-7-5-6-8-19(18)14-26;/h5-8,10,12,15,17,27H,4,9,11,13-14,16H2,1-3H3,(H2,23,24,25);1H. The Hall–Kier alpha value is -1.16. The van der Waals surface area contributed by atoms with Crippen LogP contribution in [0.1, 0.15) is 37.5 Å². The second-order valence-corrected chi connectivity index (χ2v) is 8.48. The maximum absolute atomic E-state index is 10.7. The number of hydrogen-bond donors (Lipinski definition) is 3. The minimum atomic E-state index is -0.954. The average Bonchev–Trinajstić information content (AvgIpc) is 3.25. The first kappa shape index (κ1) is 24.1. The molecule has 0 aliphatic carbocycles. The Morgan fingerprint density at radius 1 is 1.28 bits per heavy atom. The summed E-state index contributed by atoms with van der Waals surface area (Å²) in [6.45, 7) is 10.1. The fourth-order valence-electron chi connectivity index (χ4n) is 3.50. The van der Waals surface area contributed by atoms with Crippen molar-refractivity contribution in [1.82, 2.24) is 15.5 Å². The van der Waals surface area contributed by atoms with Crippen LogP contribution in [0.3, 0.4) is 0 Å². The lowest BCUT2D eigenvalue weighted by Gasteiger charge is -2.34. The third-order valence-electron chi connectivity index (χ3n) is 5.38. The summed E-state index contributed by atoms with van der Waals surface area (Å²) >= 11 is 1.59. The molecule has 0 spiro atoms. The van der Waals surface area contributed by atoms with E-state index in [4.69, 9.17) is 0 Å². The number of fused-ring (bicyclic) bond motifs is 1. The molecule has 0 amide bonds. The van der Waals surface area contributed by atoms with Gasteiger partial charge in [0.2, 0.25) is 0 Å². The lowest BCUT2D eigenvalue weighted by molar-refractivity contribution is 0.0677. The zero-order valence-corrected chi connectivity index (χ0v) is 20.7. The van der Waals surface area contributed by atoms with Crippen molar-refractivity contribution in [2.24, 2.45) is 4.99 Å². The Morgan fingerprint density at radius 3 is 2.72 bits per heavy atom. The van der Waals surface area contributed by atoms with E-state index < -0.39 is 5.60 Å². The Balaban J connectivity index is 0.00000300. The van der Waals surface area contributed by atoms with Gasteiger partial charge in [-0.1, -0.05) is 24.3 Å². The predicted octanol–water partition coefficient (Wildman–Crippen LogP) is 3.58. The molecule has 1 aliphatic rings. The van der Waals surface area contributed by atoms with Crippen LogP contribution in [-0.2, 0) is 18.6 Å². The molecule has 0 saturated carbocycles. The topological polar surface area (TPSA) is 59.9 Å². The van der Waals surface area contributed by atoms with Crippen LogP contribution in [0.4, 0.5) is 0 Å². The first-order valence-electron chi connectivity index (χ1n) is 10.1. The van der Waals surface area contributed by atoms with Gasteiger partial charge in [-0.05, 0) is 60.7 Å². The van der Waals surface area contributed by atoms with E-state index in [2.05, 4.69) is 58.6 Å². The first-order chi connectivity index (χ1) is 13.5. The second kappa shape index (κ2) is 11.3. The number of hydrogen-bond acceptors (Lipinski definition) is 4. The van der Waals surface area contributed by atoms with E-state index in [9.17, 15) is 5.11 Å². The van der Waals surface area contributed by atoms with Gasteiger partial charge in [0.15, 0.2) is 5.96 Å². The van der Waals surface area contributed by atoms with E-state index in [-0.39, 0.29) is 24.0 Å². The number of guanidine groups is 1. The van der Waals surface area contributed by atoms with Gasteiger partial charge in [0, 0.05) is 32.2 Å². The number of halogens is 1. The van der Waals surface area contributed by atoms with E-state index >= 15 is 0 Å². The summed E-state index contributed by atoms with van der Waals surface area (Å²) in [6.07, 6.45) is 1.11. The molecule has 1 aromatic heterocycles. The van der Waals surface area contributed by atoms with Gasteiger partial charge < -0.3 is 15.7 Å². The van der Waals surface area contributed by atoms with Crippen LogP contribution >= 0.6 is 35.3 Å². The van der Waals surface area contributed by atoms with Gasteiger partial charge in [-0.25, -0.2) is 4.99 Å². The van der Waals surface area contributed by atoms with Crippen LogP contribution in [0.2, 0.25) is 0 Å². The average molecular weight is 529 g/mol. The number of thiophene rings is 1. The van der Waals surface area contributed by atoms with Gasteiger partial charge >= 0.3 is 0 Å². The third-order valence-corrected chi connectivity index (χ3v) is 6.06. The molecule has 160 valence electrons. The summed E-state index contributed by atoms with van der Waals surface area (Å²) in [4.78, 5) is 7.14. The van der Waals surface area contributed by atoms with Crippen molar-refractivity contribution in [1.29, 1.82) is 0 Å². The maximum Gasteiger partial charge on any atom is 0.191 e. The Kier molecular flexibility index (Phi) is 9.39. The summed E-state index contributed by atoms with van der Waals surface area (Å²) in [6, 6.07) is 11.1. The van der Waals surface area contributed by atoms with Crippen molar-refractivity contribution in [3.05, 3.63) is 57.8 Å². The van der Waals surface area contributed by atoms with Gasteiger partial charge in [0.05, 0.1) is 6.54 Å². The molecule has 0 saturated heterocycles. The van der Waals surface area contributed by atoms with Gasteiger partial charge in [-0.2, -0.15) is 11.3 Å². The van der Waals surface area contributed by atoms with E-state index in [0.717, 1.165) is 44.1 Å². The normalized spacial score (nSPS) is 17.6. The fourth-order valence-corrected chi connectivity index (χ4v) is 4.29. The fraction of sp³-hybridized carbons (Fsp3) is 0.500. The molecule has 7 heteroatoms. The Morgan fingerprint density at radius 2 is 2.03 bits per heavy atom. The molecule has 2 aromatic rings. The van der Waals surface area contributed by atoms with Crippen LogP contribution < -0.4 is 10.6 Å². The molecule has 3 N–H and O–H groups in total. The molecule has 0 bridgehead atoms. The van der Waals surface area contributed by atoms with Crippen molar-refractivity contribution in [3.63, 3.8) is 0 Å². The highest BCUT2D eigenvalue weighted by Gasteiger charge is 2.24. The van der Waals surface area contributed by atoms with Crippen LogP contribution in [0.25, 0.3) is 0 Å². The summed E-state index contributed by atoms with van der Waals surface area (Å²) in [7, 11) is 0. The van der Waals surface area contributed by atoms with Crippen LogP contribution in [-0.4, -0.2) is 48.2 Å². The van der Waals surface area contributed by atoms with E-state index in [1.165, 1.54) is 11.1 Å². The number of nitrogens with one attached hydrogen (secondary N) is 2. The van der Waals surface area contributed by atoms with Crippen LogP contribution in [0.5, 0.6) is 0 Å². The van der Waals surface area contributed by atoms with E-state index in [0.29, 0.717) is 12.6 Å². The second-order valence-electron chi connectivity index (χ2n) is 7.70. The minimum absolute atomic E-state index is 0. The monoisotopic (exact) mass is 528 g/mol. The molecule has 3 rings (SSSR count). The molecular weight excluding hydrogens is 495 g/mol. The van der Waals surface area contributed by atoms with Crippen molar-refractivity contribution in [2.45, 2.75) is 45.4 Å². The molecule has 1 aromatic carbocycles. The molecule has 2 atom stereocenters. The lowest BCUT2D eigenvalue weighted by Crippen LogP contribution is -2.47. The van der Waals surface area contributed by atoms with Crippen LogP contribution in [0.15, 0.2) is 46.1 Å². The zero-order valence-electron chi connectivity index (χ0n) is 17.5. The van der Waals surface area contributed by atoms with Gasteiger partial charge in [-0.15, -0.1) is 24.0 Å². The highest BCUT2D eigenvalue weighted by atomic mass is 127. The van der Waals surface area contributed by atoms with Crippen molar-refractivity contribution in [3.8, 4) is 0 Å². The molecule has 29 heavy (non-hydrogen) atoms. The van der Waals surface area contributed by atoms with E-state index in [1.54, 1.807) is 11.3 Å². The van der Waals surface area contributed by atoms with Gasteiger partial charge in [0.25, 0.3) is 0 Å². The highest BCUT2D eigenvalue weighted by molar-refractivity contribution is 14.0. The summed E-state index contributed by atoms with van der Waals surface area (Å²) in [5.74, 6) is 0.752. The van der Waals surface area contributed by atoms with Gasteiger partial charge in [-0.3, -0.25) is 4.90 Å². The van der Waals surface area contributed by atoms with Crippen molar-refractivity contribution in [2.75, 3.05) is 26.2 Å². The minimum Gasteiger partial charge on any atom is -0.383 e. The summed E-state index contributed by atoms with van der Waals surface area (Å²) in [5.41, 5.74) is 2.87. The zero-order chi connectivity index (χ0) is 20.0. The number of nitrogens with zero attached hydrogens (tertiary/aromatic N) is 2. The molecule has 2 unspecified atom stereocenters. The number of rotatable bonds is 7. The Labute approximate surface area is 195 Å². The smallest absolute Gasteiger partial charge is 0.191 e. The van der Waals surface area contributed by atoms with Gasteiger partial charge in [0.1, 0.15) is 5.60 Å². The quantitative estimate of drug-likeness (QED) is 0.292. The SMILES string of the molecule is CCNC(=NCC(C)(O)c1ccsc1)NCC(C)N1CCc2ccccc2C1.I. The molecular formula is C22H33IN4OS. The molecule has 5 nitrogen and oxygen atoms in total. The van der Waals surface area contributed by atoms with Crippen molar-refractivity contribution >= 4 is 41.3 Å². The third kappa shape index (κ3) is 6.67. The molecule has 2 heterocycles. The maximum atomic E-state index is 10.7. The number of aliphatic hydroxyl groups is 1. The van der Waals surface area contributed by atoms with E-state index in [1.807, 2.05) is 23.8 Å². The summed E-state index contributed by atoms with van der Waals surface area (Å²) < 4.78 is 0. The number of benzene rings is 1. The Bertz CT molecular complexity index is 779. The summed E-state index contributed by atoms with van der Waals surface area (Å²) in [5, 5.41) is 21.4. The number of aliphatic imine (C=N–C) groups is 1. The van der Waals surface area contributed by atoms with Crippen molar-refractivity contribution < 1.29 is 5.11 Å². The lowest BCUT2D eigenvalue weighted by atomic mass is 9.99. The predicted molar refractivity (Wildman–Crippen MR) is 133 cm³/mol.